The maximum atomic E-state index is 10.5. The lowest BCUT2D eigenvalue weighted by Gasteiger charge is -2.13. The minimum Gasteiger partial charge on any atom is -0.481 e. The number of carboxylic acids is 1. The molecule has 6 heteroatoms. The lowest BCUT2D eigenvalue weighted by Crippen LogP contribution is -2.18. The fourth-order valence-corrected chi connectivity index (χ4v) is 1.46. The summed E-state index contributed by atoms with van der Waals surface area (Å²) in [6, 6.07) is 1.76. The fourth-order valence-electron chi connectivity index (χ4n) is 1.46. The molecule has 0 aliphatic heterocycles. The number of carbonyl (C=O) groups is 1. The molecule has 18 heavy (non-hydrogen) atoms. The number of hydrogen-bond donors (Lipinski definition) is 2. The number of aryl methyl sites for hydroxylation is 1. The van der Waals surface area contributed by atoms with E-state index in [9.17, 15) is 4.79 Å². The van der Waals surface area contributed by atoms with E-state index in [-0.39, 0.29) is 12.5 Å². The van der Waals surface area contributed by atoms with Gasteiger partial charge in [-0.2, -0.15) is 4.98 Å². The molecule has 1 aromatic rings. The molecule has 0 radical (unpaired) electrons. The molecule has 6 nitrogen and oxygen atoms in total. The molecule has 1 aromatic heterocycles. The minimum absolute atomic E-state index is 0.00243. The molecule has 0 saturated carbocycles. The summed E-state index contributed by atoms with van der Waals surface area (Å²) in [6.45, 7) is 6.19. The normalized spacial score (nSPS) is 11.9. The Hall–Kier alpha value is -1.85. The second-order valence-electron chi connectivity index (χ2n) is 4.08. The van der Waals surface area contributed by atoms with Crippen molar-refractivity contribution in [2.75, 3.05) is 11.9 Å². The monoisotopic (exact) mass is 253 g/mol. The summed E-state index contributed by atoms with van der Waals surface area (Å²) in [5.74, 6) is 0.193. The van der Waals surface area contributed by atoms with Gasteiger partial charge in [-0.3, -0.25) is 4.79 Å². The summed E-state index contributed by atoms with van der Waals surface area (Å²) in [6.07, 6.45) is 0.648. The number of nitrogens with zero attached hydrogens (tertiary/aromatic N) is 2. The van der Waals surface area contributed by atoms with Crippen molar-refractivity contribution in [1.29, 1.82) is 0 Å². The zero-order valence-corrected chi connectivity index (χ0v) is 10.9. The third-order valence-electron chi connectivity index (χ3n) is 2.29. The van der Waals surface area contributed by atoms with Crippen molar-refractivity contribution in [1.82, 2.24) is 9.97 Å². The average Bonchev–Trinajstić information content (AvgIpc) is 2.26. The molecule has 0 saturated heterocycles. The van der Waals surface area contributed by atoms with Crippen LogP contribution in [-0.2, 0) is 4.79 Å². The summed E-state index contributed by atoms with van der Waals surface area (Å²) in [5, 5.41) is 11.7. The Morgan fingerprint density at radius 2 is 2.28 bits per heavy atom. The smallest absolute Gasteiger partial charge is 0.303 e. The Labute approximate surface area is 106 Å². The van der Waals surface area contributed by atoms with Gasteiger partial charge in [0.15, 0.2) is 0 Å². The number of aliphatic carboxylic acids is 1. The minimum atomic E-state index is -0.802. The summed E-state index contributed by atoms with van der Waals surface area (Å²) in [7, 11) is 0. The second kappa shape index (κ2) is 6.78. The summed E-state index contributed by atoms with van der Waals surface area (Å²) in [4.78, 5) is 18.9. The number of anilines is 1. The van der Waals surface area contributed by atoms with Crippen molar-refractivity contribution < 1.29 is 14.6 Å². The second-order valence-corrected chi connectivity index (χ2v) is 4.08. The first-order valence-corrected chi connectivity index (χ1v) is 5.98. The highest BCUT2D eigenvalue weighted by atomic mass is 16.5. The van der Waals surface area contributed by atoms with Crippen LogP contribution in [0.25, 0.3) is 0 Å². The molecule has 0 fully saturated rings. The first kappa shape index (κ1) is 14.2. The SMILES string of the molecule is CCOc1cc(C)nc(NC(C)CCC(=O)O)n1. The number of ether oxygens (including phenoxy) is 1. The van der Waals surface area contributed by atoms with Crippen LogP contribution >= 0.6 is 0 Å². The number of carboxylic acid groups (broad SMARTS) is 1. The van der Waals surface area contributed by atoms with Crippen LogP contribution in [0.1, 0.15) is 32.4 Å². The molecule has 100 valence electrons. The Bertz CT molecular complexity index is 410. The molecule has 0 aliphatic carbocycles. The van der Waals surface area contributed by atoms with Gasteiger partial charge in [0.1, 0.15) is 0 Å². The molecule has 0 amide bonds. The molecular formula is C12H19N3O3. The fraction of sp³-hybridized carbons (Fsp3) is 0.583. The van der Waals surface area contributed by atoms with Crippen molar-refractivity contribution in [2.24, 2.45) is 0 Å². The van der Waals surface area contributed by atoms with Gasteiger partial charge in [0.05, 0.1) is 6.61 Å². The Kier molecular flexibility index (Phi) is 5.35. The summed E-state index contributed by atoms with van der Waals surface area (Å²) in [5.41, 5.74) is 0.807. The highest BCUT2D eigenvalue weighted by molar-refractivity contribution is 5.66. The number of rotatable bonds is 7. The summed E-state index contributed by atoms with van der Waals surface area (Å²) >= 11 is 0. The van der Waals surface area contributed by atoms with Gasteiger partial charge in [0.25, 0.3) is 0 Å². The van der Waals surface area contributed by atoms with E-state index in [0.29, 0.717) is 24.9 Å². The van der Waals surface area contributed by atoms with E-state index in [1.165, 1.54) is 0 Å². The van der Waals surface area contributed by atoms with E-state index < -0.39 is 5.97 Å². The van der Waals surface area contributed by atoms with Gasteiger partial charge in [-0.1, -0.05) is 0 Å². The van der Waals surface area contributed by atoms with Crippen LogP contribution in [-0.4, -0.2) is 33.7 Å². The van der Waals surface area contributed by atoms with Crippen LogP contribution in [0.2, 0.25) is 0 Å². The Balaban J connectivity index is 2.62. The largest absolute Gasteiger partial charge is 0.481 e. The first-order chi connectivity index (χ1) is 8.51. The molecule has 1 rings (SSSR count). The van der Waals surface area contributed by atoms with Gasteiger partial charge >= 0.3 is 5.97 Å². The van der Waals surface area contributed by atoms with Gasteiger partial charge in [0.2, 0.25) is 11.8 Å². The molecule has 1 heterocycles. The van der Waals surface area contributed by atoms with Gasteiger partial charge in [-0.25, -0.2) is 4.98 Å². The number of aromatic nitrogens is 2. The predicted octanol–water partition coefficient (Wildman–Crippen LogP) is 1.85. The zero-order valence-electron chi connectivity index (χ0n) is 10.9. The standard InChI is InChI=1S/C12H19N3O3/c1-4-18-10-7-9(3)14-12(15-10)13-8(2)5-6-11(16)17/h7-8H,4-6H2,1-3H3,(H,16,17)(H,13,14,15). The molecule has 0 spiro atoms. The maximum absolute atomic E-state index is 10.5. The van der Waals surface area contributed by atoms with Gasteiger partial charge in [0, 0.05) is 24.2 Å². The van der Waals surface area contributed by atoms with Crippen LogP contribution in [0.15, 0.2) is 6.07 Å². The molecular weight excluding hydrogens is 234 g/mol. The van der Waals surface area contributed by atoms with Crippen molar-refractivity contribution in [3.63, 3.8) is 0 Å². The lowest BCUT2D eigenvalue weighted by atomic mass is 10.2. The third-order valence-corrected chi connectivity index (χ3v) is 2.29. The quantitative estimate of drug-likeness (QED) is 0.771. The molecule has 0 bridgehead atoms. The highest BCUT2D eigenvalue weighted by Gasteiger charge is 2.08. The van der Waals surface area contributed by atoms with Crippen LogP contribution in [0.5, 0.6) is 5.88 Å². The predicted molar refractivity (Wildman–Crippen MR) is 67.9 cm³/mol. The number of hydrogen-bond acceptors (Lipinski definition) is 5. The zero-order chi connectivity index (χ0) is 13.5. The van der Waals surface area contributed by atoms with Crippen molar-refractivity contribution >= 4 is 11.9 Å². The first-order valence-electron chi connectivity index (χ1n) is 5.98. The van der Waals surface area contributed by atoms with E-state index in [4.69, 9.17) is 9.84 Å². The van der Waals surface area contributed by atoms with Gasteiger partial charge in [-0.05, 0) is 27.2 Å². The molecule has 1 atom stereocenters. The van der Waals surface area contributed by atoms with Crippen LogP contribution < -0.4 is 10.1 Å². The lowest BCUT2D eigenvalue weighted by molar-refractivity contribution is -0.137. The number of nitrogens with one attached hydrogen (secondary N) is 1. The van der Waals surface area contributed by atoms with Crippen molar-refractivity contribution in [2.45, 2.75) is 39.7 Å². The maximum Gasteiger partial charge on any atom is 0.303 e. The van der Waals surface area contributed by atoms with Gasteiger partial charge < -0.3 is 15.2 Å². The molecule has 1 unspecified atom stereocenters. The van der Waals surface area contributed by atoms with E-state index in [1.54, 1.807) is 6.07 Å². The van der Waals surface area contributed by atoms with Crippen LogP contribution in [0, 0.1) is 6.92 Å². The Morgan fingerprint density at radius 3 is 2.89 bits per heavy atom. The highest BCUT2D eigenvalue weighted by Crippen LogP contribution is 2.13. The topological polar surface area (TPSA) is 84.3 Å². The van der Waals surface area contributed by atoms with E-state index in [1.807, 2.05) is 20.8 Å². The van der Waals surface area contributed by atoms with Crippen molar-refractivity contribution in [3.05, 3.63) is 11.8 Å². The van der Waals surface area contributed by atoms with Crippen molar-refractivity contribution in [3.8, 4) is 5.88 Å². The average molecular weight is 253 g/mol. The molecule has 0 aliphatic rings. The van der Waals surface area contributed by atoms with E-state index in [2.05, 4.69) is 15.3 Å². The van der Waals surface area contributed by atoms with E-state index in [0.717, 1.165) is 5.69 Å². The van der Waals surface area contributed by atoms with Crippen LogP contribution in [0.4, 0.5) is 5.95 Å². The Morgan fingerprint density at radius 1 is 1.56 bits per heavy atom. The summed E-state index contributed by atoms with van der Waals surface area (Å²) < 4.78 is 5.32. The van der Waals surface area contributed by atoms with E-state index >= 15 is 0 Å². The van der Waals surface area contributed by atoms with Crippen LogP contribution in [0.3, 0.4) is 0 Å². The third kappa shape index (κ3) is 4.99. The molecule has 0 aromatic carbocycles. The molecule has 2 N–H and O–H groups in total. The van der Waals surface area contributed by atoms with Gasteiger partial charge in [-0.15, -0.1) is 0 Å².